The van der Waals surface area contributed by atoms with Crippen molar-refractivity contribution in [3.63, 3.8) is 0 Å². The summed E-state index contributed by atoms with van der Waals surface area (Å²) in [7, 11) is 0. The van der Waals surface area contributed by atoms with Crippen molar-refractivity contribution < 1.29 is 10.0 Å². The predicted octanol–water partition coefficient (Wildman–Crippen LogP) is 3.20. The van der Waals surface area contributed by atoms with Crippen LogP contribution in [0.5, 0.6) is 0 Å². The standard InChI is InChI=1S/C16H32N2O2/c1-8-13(11(2)3)14(19)17-12-9-15(4,5)18(20)16(6,7)10-12/h11-13,20H,8-10H2,1-7H3,(H,17,19)/t13-/m1/s1. The smallest absolute Gasteiger partial charge is 0.223 e. The molecule has 1 aliphatic rings. The molecule has 0 radical (unpaired) electrons. The van der Waals surface area contributed by atoms with Gasteiger partial charge in [-0.05, 0) is 52.9 Å². The van der Waals surface area contributed by atoms with Gasteiger partial charge in [0, 0.05) is 23.0 Å². The van der Waals surface area contributed by atoms with E-state index in [-0.39, 0.29) is 28.9 Å². The highest BCUT2D eigenvalue weighted by molar-refractivity contribution is 5.79. The van der Waals surface area contributed by atoms with Gasteiger partial charge in [0.1, 0.15) is 0 Å². The van der Waals surface area contributed by atoms with Gasteiger partial charge in [-0.15, -0.1) is 0 Å². The maximum Gasteiger partial charge on any atom is 0.223 e. The van der Waals surface area contributed by atoms with Crippen LogP contribution in [0.4, 0.5) is 0 Å². The molecule has 0 bridgehead atoms. The second kappa shape index (κ2) is 6.02. The fourth-order valence-corrected chi connectivity index (χ4v) is 3.64. The van der Waals surface area contributed by atoms with Gasteiger partial charge >= 0.3 is 0 Å². The quantitative estimate of drug-likeness (QED) is 0.833. The maximum absolute atomic E-state index is 12.4. The number of hydrogen-bond donors (Lipinski definition) is 2. The number of hydroxylamine groups is 2. The van der Waals surface area contributed by atoms with Crippen LogP contribution in [0.2, 0.25) is 0 Å². The van der Waals surface area contributed by atoms with E-state index in [4.69, 9.17) is 0 Å². The van der Waals surface area contributed by atoms with Crippen molar-refractivity contribution in [3.8, 4) is 0 Å². The molecule has 0 spiro atoms. The molecule has 0 saturated carbocycles. The molecule has 118 valence electrons. The Hall–Kier alpha value is -0.610. The van der Waals surface area contributed by atoms with E-state index in [0.29, 0.717) is 5.92 Å². The number of rotatable bonds is 4. The SMILES string of the molecule is CC[C@@H](C(=O)NC1CC(C)(C)N(O)C(C)(C)C1)C(C)C. The van der Waals surface area contributed by atoms with Gasteiger partial charge in [-0.2, -0.15) is 5.06 Å². The normalized spacial score (nSPS) is 24.6. The number of nitrogens with zero attached hydrogens (tertiary/aromatic N) is 1. The first-order valence-corrected chi connectivity index (χ1v) is 7.81. The highest BCUT2D eigenvalue weighted by atomic mass is 16.5. The Morgan fingerprint density at radius 1 is 1.25 bits per heavy atom. The summed E-state index contributed by atoms with van der Waals surface area (Å²) in [6.45, 7) is 14.3. The lowest BCUT2D eigenvalue weighted by atomic mass is 9.78. The molecule has 4 heteroatoms. The van der Waals surface area contributed by atoms with Crippen LogP contribution < -0.4 is 5.32 Å². The summed E-state index contributed by atoms with van der Waals surface area (Å²) in [6.07, 6.45) is 2.41. The molecule has 0 aliphatic carbocycles. The molecule has 4 nitrogen and oxygen atoms in total. The predicted molar refractivity (Wildman–Crippen MR) is 81.6 cm³/mol. The third-order valence-corrected chi connectivity index (χ3v) is 4.57. The average Bonchev–Trinajstić information content (AvgIpc) is 2.25. The van der Waals surface area contributed by atoms with Crippen molar-refractivity contribution in [1.82, 2.24) is 10.4 Å². The Bertz CT molecular complexity index is 332. The van der Waals surface area contributed by atoms with Gasteiger partial charge in [0.15, 0.2) is 0 Å². The summed E-state index contributed by atoms with van der Waals surface area (Å²) in [4.78, 5) is 12.4. The fourth-order valence-electron chi connectivity index (χ4n) is 3.64. The minimum atomic E-state index is -0.320. The molecule has 2 N–H and O–H groups in total. The van der Waals surface area contributed by atoms with Gasteiger partial charge in [0.05, 0.1) is 0 Å². The molecule has 1 amide bonds. The van der Waals surface area contributed by atoms with Gasteiger partial charge in [-0.25, -0.2) is 0 Å². The maximum atomic E-state index is 12.4. The van der Waals surface area contributed by atoms with Gasteiger partial charge in [-0.3, -0.25) is 4.79 Å². The van der Waals surface area contributed by atoms with E-state index in [2.05, 4.69) is 26.1 Å². The van der Waals surface area contributed by atoms with Gasteiger partial charge in [0.25, 0.3) is 0 Å². The Kier molecular flexibility index (Phi) is 5.25. The van der Waals surface area contributed by atoms with E-state index in [1.54, 1.807) is 0 Å². The molecule has 1 saturated heterocycles. The van der Waals surface area contributed by atoms with Crippen LogP contribution in [-0.4, -0.2) is 33.3 Å². The highest BCUT2D eigenvalue weighted by Crippen LogP contribution is 2.36. The second-order valence-electron chi connectivity index (χ2n) is 7.81. The zero-order valence-electron chi connectivity index (χ0n) is 14.2. The summed E-state index contributed by atoms with van der Waals surface area (Å²) in [5.41, 5.74) is -0.640. The molecule has 20 heavy (non-hydrogen) atoms. The van der Waals surface area contributed by atoms with E-state index in [1.807, 2.05) is 27.7 Å². The van der Waals surface area contributed by atoms with Crippen LogP contribution in [0.25, 0.3) is 0 Å². The molecule has 1 rings (SSSR count). The lowest BCUT2D eigenvalue weighted by molar-refractivity contribution is -0.246. The lowest BCUT2D eigenvalue weighted by Crippen LogP contribution is -2.63. The largest absolute Gasteiger partial charge is 0.353 e. The second-order valence-corrected chi connectivity index (χ2v) is 7.81. The number of nitrogens with one attached hydrogen (secondary N) is 1. The van der Waals surface area contributed by atoms with Gasteiger partial charge in [0.2, 0.25) is 5.91 Å². The molecule has 0 aromatic heterocycles. The van der Waals surface area contributed by atoms with Crippen LogP contribution in [0.15, 0.2) is 0 Å². The van der Waals surface area contributed by atoms with Crippen molar-refractivity contribution in [1.29, 1.82) is 0 Å². The van der Waals surface area contributed by atoms with E-state index in [1.165, 1.54) is 5.06 Å². The fraction of sp³-hybridized carbons (Fsp3) is 0.938. The van der Waals surface area contributed by atoms with Crippen molar-refractivity contribution >= 4 is 5.91 Å². The van der Waals surface area contributed by atoms with Gasteiger partial charge < -0.3 is 10.5 Å². The minimum absolute atomic E-state index is 0.0772. The zero-order chi connectivity index (χ0) is 15.7. The number of amides is 1. The number of hydrogen-bond acceptors (Lipinski definition) is 3. The molecule has 1 fully saturated rings. The van der Waals surface area contributed by atoms with Crippen molar-refractivity contribution in [2.24, 2.45) is 11.8 Å². The third-order valence-electron chi connectivity index (χ3n) is 4.57. The Morgan fingerprint density at radius 3 is 2.05 bits per heavy atom. The summed E-state index contributed by atoms with van der Waals surface area (Å²) < 4.78 is 0. The first-order valence-electron chi connectivity index (χ1n) is 7.81. The Balaban J connectivity index is 2.76. The van der Waals surface area contributed by atoms with Crippen molar-refractivity contribution in [2.45, 2.75) is 84.8 Å². The van der Waals surface area contributed by atoms with Crippen LogP contribution >= 0.6 is 0 Å². The minimum Gasteiger partial charge on any atom is -0.353 e. The zero-order valence-corrected chi connectivity index (χ0v) is 14.2. The Morgan fingerprint density at radius 2 is 1.70 bits per heavy atom. The first-order chi connectivity index (χ1) is 9.01. The molecular formula is C16H32N2O2. The summed E-state index contributed by atoms with van der Waals surface area (Å²) in [6, 6.07) is 0.128. The summed E-state index contributed by atoms with van der Waals surface area (Å²) in [5.74, 6) is 0.595. The topological polar surface area (TPSA) is 52.6 Å². The van der Waals surface area contributed by atoms with Crippen LogP contribution in [-0.2, 0) is 4.79 Å². The van der Waals surface area contributed by atoms with Crippen LogP contribution in [0.1, 0.15) is 67.7 Å². The first kappa shape index (κ1) is 17.4. The molecule has 1 heterocycles. The van der Waals surface area contributed by atoms with E-state index >= 15 is 0 Å². The molecular weight excluding hydrogens is 252 g/mol. The molecule has 0 aromatic carbocycles. The average molecular weight is 284 g/mol. The summed E-state index contributed by atoms with van der Waals surface area (Å²) >= 11 is 0. The summed E-state index contributed by atoms with van der Waals surface area (Å²) in [5, 5.41) is 14.9. The van der Waals surface area contributed by atoms with E-state index in [9.17, 15) is 10.0 Å². The van der Waals surface area contributed by atoms with Gasteiger partial charge in [-0.1, -0.05) is 20.8 Å². The monoisotopic (exact) mass is 284 g/mol. The molecule has 0 aromatic rings. The van der Waals surface area contributed by atoms with Crippen molar-refractivity contribution in [2.75, 3.05) is 0 Å². The number of carbonyl (C=O) groups is 1. The van der Waals surface area contributed by atoms with Crippen molar-refractivity contribution in [3.05, 3.63) is 0 Å². The molecule has 1 aliphatic heterocycles. The highest BCUT2D eigenvalue weighted by Gasteiger charge is 2.45. The Labute approximate surface area is 123 Å². The van der Waals surface area contributed by atoms with Crippen LogP contribution in [0.3, 0.4) is 0 Å². The lowest BCUT2D eigenvalue weighted by Gasteiger charge is -2.51. The number of carbonyl (C=O) groups excluding carboxylic acids is 1. The van der Waals surface area contributed by atoms with E-state index < -0.39 is 0 Å². The third kappa shape index (κ3) is 3.73. The van der Waals surface area contributed by atoms with E-state index in [0.717, 1.165) is 19.3 Å². The number of piperidine rings is 1. The molecule has 1 atom stereocenters. The molecule has 0 unspecified atom stereocenters. The van der Waals surface area contributed by atoms with Crippen LogP contribution in [0, 0.1) is 11.8 Å².